The van der Waals surface area contributed by atoms with E-state index in [-0.39, 0.29) is 5.91 Å². The lowest BCUT2D eigenvalue weighted by atomic mass is 10.1. The zero-order valence-corrected chi connectivity index (χ0v) is 12.4. The number of nitrogens with one attached hydrogen (secondary N) is 1. The average Bonchev–Trinajstić information content (AvgIpc) is 2.90. The Morgan fingerprint density at radius 1 is 1.37 bits per heavy atom. The van der Waals surface area contributed by atoms with Crippen LogP contribution in [0.1, 0.15) is 15.9 Å². The van der Waals surface area contributed by atoms with Crippen LogP contribution in [0.5, 0.6) is 0 Å². The summed E-state index contributed by atoms with van der Waals surface area (Å²) < 4.78 is 0. The fourth-order valence-electron chi connectivity index (χ4n) is 1.64. The summed E-state index contributed by atoms with van der Waals surface area (Å²) in [6.07, 6.45) is 0. The van der Waals surface area contributed by atoms with Crippen LogP contribution in [-0.2, 0) is 6.54 Å². The maximum absolute atomic E-state index is 12.0. The number of thiophene rings is 1. The van der Waals surface area contributed by atoms with Crippen LogP contribution in [0.3, 0.4) is 0 Å². The zero-order valence-electron chi connectivity index (χ0n) is 10.8. The second kappa shape index (κ2) is 6.08. The van der Waals surface area contributed by atoms with Gasteiger partial charge in [0, 0.05) is 26.3 Å². The molecular weight excluding hydrogens is 280 g/mol. The number of carbonyl (C=O) groups is 1. The van der Waals surface area contributed by atoms with Gasteiger partial charge in [-0.25, -0.2) is 0 Å². The molecule has 3 nitrogen and oxygen atoms in total. The minimum atomic E-state index is -0.0933. The number of hydrogen-bond acceptors (Lipinski definition) is 3. The molecule has 0 spiro atoms. The number of carbonyl (C=O) groups excluding carboxylic acids is 1. The molecule has 1 aromatic heterocycles. The van der Waals surface area contributed by atoms with E-state index in [0.29, 0.717) is 10.6 Å². The average molecular weight is 295 g/mol. The monoisotopic (exact) mass is 294 g/mol. The quantitative estimate of drug-likeness (QED) is 0.932. The number of rotatable bonds is 4. The molecule has 0 aliphatic heterocycles. The molecular formula is C14H15ClN2OS. The summed E-state index contributed by atoms with van der Waals surface area (Å²) in [6.45, 7) is 0.737. The molecule has 0 fully saturated rings. The summed E-state index contributed by atoms with van der Waals surface area (Å²) in [7, 11) is 3.42. The van der Waals surface area contributed by atoms with Crippen molar-refractivity contribution in [1.29, 1.82) is 0 Å². The number of halogens is 1. The molecule has 2 rings (SSSR count). The van der Waals surface area contributed by atoms with Gasteiger partial charge < -0.3 is 10.2 Å². The lowest BCUT2D eigenvalue weighted by molar-refractivity contribution is 0.0828. The van der Waals surface area contributed by atoms with Crippen LogP contribution in [0, 0.1) is 0 Å². The van der Waals surface area contributed by atoms with E-state index in [4.69, 9.17) is 11.6 Å². The van der Waals surface area contributed by atoms with E-state index in [1.54, 1.807) is 37.6 Å². The van der Waals surface area contributed by atoms with Crippen LogP contribution in [0.4, 0.5) is 5.69 Å². The van der Waals surface area contributed by atoms with Gasteiger partial charge in [0.1, 0.15) is 0 Å². The minimum absolute atomic E-state index is 0.0933. The highest BCUT2D eigenvalue weighted by Gasteiger charge is 2.12. The van der Waals surface area contributed by atoms with Crippen molar-refractivity contribution in [3.05, 3.63) is 51.2 Å². The van der Waals surface area contributed by atoms with Crippen molar-refractivity contribution in [2.45, 2.75) is 6.54 Å². The molecule has 19 heavy (non-hydrogen) atoms. The Hall–Kier alpha value is -1.52. The largest absolute Gasteiger partial charge is 0.381 e. The fourth-order valence-corrected chi connectivity index (χ4v) is 2.50. The SMILES string of the molecule is CN(C)C(=O)c1cc(NCc2ccsc2)ccc1Cl. The van der Waals surface area contributed by atoms with Crippen LogP contribution in [0.15, 0.2) is 35.0 Å². The molecule has 0 aliphatic rings. The summed E-state index contributed by atoms with van der Waals surface area (Å²) in [6, 6.07) is 7.48. The van der Waals surface area contributed by atoms with Gasteiger partial charge in [0.05, 0.1) is 10.6 Å². The Morgan fingerprint density at radius 3 is 2.79 bits per heavy atom. The molecule has 0 bridgehead atoms. The number of hydrogen-bond donors (Lipinski definition) is 1. The third-order valence-corrected chi connectivity index (χ3v) is 3.74. The van der Waals surface area contributed by atoms with Crippen LogP contribution >= 0.6 is 22.9 Å². The fraction of sp³-hybridized carbons (Fsp3) is 0.214. The first-order valence-corrected chi connectivity index (χ1v) is 7.16. The number of amides is 1. The summed E-state index contributed by atoms with van der Waals surface area (Å²) in [5.41, 5.74) is 2.63. The Labute approximate surface area is 121 Å². The van der Waals surface area contributed by atoms with E-state index in [0.717, 1.165) is 12.2 Å². The van der Waals surface area contributed by atoms with Crippen molar-refractivity contribution in [2.24, 2.45) is 0 Å². The standard InChI is InChI=1S/C14H15ClN2OS/c1-17(2)14(18)12-7-11(3-4-13(12)15)16-8-10-5-6-19-9-10/h3-7,9,16H,8H2,1-2H3. The first kappa shape index (κ1) is 13.9. The summed E-state index contributed by atoms with van der Waals surface area (Å²) in [5.74, 6) is -0.0933. The minimum Gasteiger partial charge on any atom is -0.381 e. The zero-order chi connectivity index (χ0) is 13.8. The Morgan fingerprint density at radius 2 is 2.16 bits per heavy atom. The van der Waals surface area contributed by atoms with Gasteiger partial charge in [0.25, 0.3) is 5.91 Å². The lowest BCUT2D eigenvalue weighted by Gasteiger charge is -2.13. The lowest BCUT2D eigenvalue weighted by Crippen LogP contribution is -2.22. The maximum Gasteiger partial charge on any atom is 0.254 e. The topological polar surface area (TPSA) is 32.3 Å². The van der Waals surface area contributed by atoms with Gasteiger partial charge in [-0.3, -0.25) is 4.79 Å². The Bertz CT molecular complexity index is 567. The normalized spacial score (nSPS) is 10.3. The van der Waals surface area contributed by atoms with Gasteiger partial charge in [-0.05, 0) is 40.6 Å². The first-order valence-electron chi connectivity index (χ1n) is 5.84. The summed E-state index contributed by atoms with van der Waals surface area (Å²) >= 11 is 7.73. The van der Waals surface area contributed by atoms with Crippen molar-refractivity contribution in [3.8, 4) is 0 Å². The second-order valence-electron chi connectivity index (χ2n) is 4.38. The van der Waals surface area contributed by atoms with Gasteiger partial charge in [0.2, 0.25) is 0 Å². The van der Waals surface area contributed by atoms with Crippen LogP contribution in [0.25, 0.3) is 0 Å². The number of nitrogens with zero attached hydrogens (tertiary/aromatic N) is 1. The Balaban J connectivity index is 2.14. The predicted octanol–water partition coefficient (Wildman–Crippen LogP) is 3.72. The number of anilines is 1. The second-order valence-corrected chi connectivity index (χ2v) is 5.57. The van der Waals surface area contributed by atoms with Gasteiger partial charge in [-0.15, -0.1) is 0 Å². The molecule has 1 aromatic carbocycles. The van der Waals surface area contributed by atoms with Gasteiger partial charge in [-0.2, -0.15) is 11.3 Å². The van der Waals surface area contributed by atoms with Crippen molar-refractivity contribution >= 4 is 34.5 Å². The van der Waals surface area contributed by atoms with Gasteiger partial charge in [-0.1, -0.05) is 11.6 Å². The molecule has 0 saturated carbocycles. The Kier molecular flexibility index (Phi) is 4.45. The third-order valence-electron chi connectivity index (χ3n) is 2.68. The molecule has 0 radical (unpaired) electrons. The van der Waals surface area contributed by atoms with Crippen molar-refractivity contribution in [1.82, 2.24) is 4.90 Å². The van der Waals surface area contributed by atoms with Crippen LogP contribution in [0.2, 0.25) is 5.02 Å². The van der Waals surface area contributed by atoms with Gasteiger partial charge >= 0.3 is 0 Å². The molecule has 1 N–H and O–H groups in total. The molecule has 5 heteroatoms. The van der Waals surface area contributed by atoms with E-state index in [1.165, 1.54) is 10.5 Å². The van der Waals surface area contributed by atoms with E-state index >= 15 is 0 Å². The highest BCUT2D eigenvalue weighted by Crippen LogP contribution is 2.22. The van der Waals surface area contributed by atoms with Crippen LogP contribution in [-0.4, -0.2) is 24.9 Å². The van der Waals surface area contributed by atoms with Crippen molar-refractivity contribution in [2.75, 3.05) is 19.4 Å². The summed E-state index contributed by atoms with van der Waals surface area (Å²) in [5, 5.41) is 7.89. The van der Waals surface area contributed by atoms with E-state index in [1.807, 2.05) is 11.4 Å². The third kappa shape index (κ3) is 3.49. The molecule has 0 saturated heterocycles. The molecule has 2 aromatic rings. The first-order chi connectivity index (χ1) is 9.08. The molecule has 100 valence electrons. The molecule has 0 aliphatic carbocycles. The predicted molar refractivity (Wildman–Crippen MR) is 81.1 cm³/mol. The van der Waals surface area contributed by atoms with E-state index in [9.17, 15) is 4.79 Å². The van der Waals surface area contributed by atoms with Crippen molar-refractivity contribution in [3.63, 3.8) is 0 Å². The van der Waals surface area contributed by atoms with Gasteiger partial charge in [0.15, 0.2) is 0 Å². The molecule has 0 unspecified atom stereocenters. The molecule has 0 atom stereocenters. The highest BCUT2D eigenvalue weighted by molar-refractivity contribution is 7.07. The maximum atomic E-state index is 12.0. The van der Waals surface area contributed by atoms with E-state index < -0.39 is 0 Å². The molecule has 1 amide bonds. The van der Waals surface area contributed by atoms with Crippen molar-refractivity contribution < 1.29 is 4.79 Å². The smallest absolute Gasteiger partial charge is 0.254 e. The van der Waals surface area contributed by atoms with E-state index in [2.05, 4.69) is 16.8 Å². The number of benzene rings is 1. The molecule has 1 heterocycles. The summed E-state index contributed by atoms with van der Waals surface area (Å²) in [4.78, 5) is 13.5. The highest BCUT2D eigenvalue weighted by atomic mass is 35.5. The van der Waals surface area contributed by atoms with Crippen LogP contribution < -0.4 is 5.32 Å².